The van der Waals surface area contributed by atoms with Crippen LogP contribution in [0.15, 0.2) is 18.2 Å². The molecular weight excluding hydrogens is 220 g/mol. The van der Waals surface area contributed by atoms with E-state index in [1.807, 2.05) is 13.0 Å². The van der Waals surface area contributed by atoms with Crippen molar-refractivity contribution in [1.29, 1.82) is 0 Å². The first kappa shape index (κ1) is 11.1. The normalized spacial score (nSPS) is 10.4. The van der Waals surface area contributed by atoms with Crippen molar-refractivity contribution in [3.8, 4) is 17.0 Å². The summed E-state index contributed by atoms with van der Waals surface area (Å²) in [7, 11) is 0. The lowest BCUT2D eigenvalue weighted by Gasteiger charge is -2.04. The van der Waals surface area contributed by atoms with Gasteiger partial charge in [-0.05, 0) is 24.1 Å². The Bertz CT molecular complexity index is 562. The number of carbonyl (C=O) groups excluding carboxylic acids is 1. The molecular formula is C11H12N4O2. The van der Waals surface area contributed by atoms with Gasteiger partial charge in [-0.1, -0.05) is 13.0 Å². The maximum absolute atomic E-state index is 11.1. The monoisotopic (exact) mass is 232 g/mol. The van der Waals surface area contributed by atoms with Crippen molar-refractivity contribution in [1.82, 2.24) is 15.4 Å². The van der Waals surface area contributed by atoms with Gasteiger partial charge in [-0.3, -0.25) is 4.79 Å². The Balaban J connectivity index is 2.59. The summed E-state index contributed by atoms with van der Waals surface area (Å²) in [5, 5.41) is 19.6. The van der Waals surface area contributed by atoms with Gasteiger partial charge in [-0.2, -0.15) is 15.4 Å². The number of primary amides is 1. The molecule has 4 N–H and O–H groups in total. The summed E-state index contributed by atoms with van der Waals surface area (Å²) in [5.74, 6) is -0.645. The van der Waals surface area contributed by atoms with E-state index < -0.39 is 5.91 Å². The summed E-state index contributed by atoms with van der Waals surface area (Å²) in [6.45, 7) is 1.99. The van der Waals surface area contributed by atoms with Gasteiger partial charge in [0.05, 0.1) is 0 Å². The predicted molar refractivity (Wildman–Crippen MR) is 61.4 cm³/mol. The van der Waals surface area contributed by atoms with Crippen LogP contribution in [0.25, 0.3) is 11.3 Å². The lowest BCUT2D eigenvalue weighted by molar-refractivity contribution is 0.0996. The molecule has 1 heterocycles. The minimum atomic E-state index is -0.685. The van der Waals surface area contributed by atoms with Crippen molar-refractivity contribution in [3.63, 3.8) is 0 Å². The Morgan fingerprint density at radius 1 is 1.47 bits per heavy atom. The fourth-order valence-electron chi connectivity index (χ4n) is 1.58. The standard InChI is InChI=1S/C11H12N4O2/c1-2-6-3-4-8(16)7(5-6)9-10(11(12)17)14-15-13-9/h3-5,16H,2H2,1H3,(H2,12,17)(H,13,14,15). The van der Waals surface area contributed by atoms with Gasteiger partial charge in [-0.15, -0.1) is 0 Å². The summed E-state index contributed by atoms with van der Waals surface area (Å²) in [4.78, 5) is 11.1. The van der Waals surface area contributed by atoms with E-state index >= 15 is 0 Å². The van der Waals surface area contributed by atoms with Crippen LogP contribution >= 0.6 is 0 Å². The van der Waals surface area contributed by atoms with Gasteiger partial charge >= 0.3 is 0 Å². The minimum Gasteiger partial charge on any atom is -0.507 e. The minimum absolute atomic E-state index is 0.0218. The van der Waals surface area contributed by atoms with Crippen molar-refractivity contribution < 1.29 is 9.90 Å². The zero-order valence-electron chi connectivity index (χ0n) is 9.27. The van der Waals surface area contributed by atoms with Gasteiger partial charge in [0.25, 0.3) is 5.91 Å². The highest BCUT2D eigenvalue weighted by atomic mass is 16.3. The van der Waals surface area contributed by atoms with Gasteiger partial charge in [0, 0.05) is 5.56 Å². The number of carbonyl (C=O) groups is 1. The smallest absolute Gasteiger partial charge is 0.271 e. The van der Waals surface area contributed by atoms with Crippen molar-refractivity contribution in [2.24, 2.45) is 5.73 Å². The van der Waals surface area contributed by atoms with Crippen LogP contribution in [0.5, 0.6) is 5.75 Å². The maximum Gasteiger partial charge on any atom is 0.271 e. The van der Waals surface area contributed by atoms with Crippen LogP contribution in [0.4, 0.5) is 0 Å². The van der Waals surface area contributed by atoms with Crippen LogP contribution in [0.2, 0.25) is 0 Å². The molecule has 0 aliphatic heterocycles. The first-order chi connectivity index (χ1) is 8.13. The third kappa shape index (κ3) is 1.96. The Labute approximate surface area is 97.5 Å². The molecule has 1 aromatic carbocycles. The number of benzene rings is 1. The number of aromatic amines is 1. The first-order valence-corrected chi connectivity index (χ1v) is 5.16. The fourth-order valence-corrected chi connectivity index (χ4v) is 1.58. The van der Waals surface area contributed by atoms with E-state index in [9.17, 15) is 9.90 Å². The summed E-state index contributed by atoms with van der Waals surface area (Å²) in [5.41, 5.74) is 6.94. The van der Waals surface area contributed by atoms with Crippen molar-refractivity contribution >= 4 is 5.91 Å². The van der Waals surface area contributed by atoms with Gasteiger partial charge in [0.1, 0.15) is 11.4 Å². The molecule has 0 atom stereocenters. The average Bonchev–Trinajstić information content (AvgIpc) is 2.78. The Morgan fingerprint density at radius 3 is 2.88 bits per heavy atom. The topological polar surface area (TPSA) is 105 Å². The molecule has 0 aliphatic rings. The molecule has 0 bridgehead atoms. The van der Waals surface area contributed by atoms with Gasteiger partial charge in [0.15, 0.2) is 5.69 Å². The molecule has 0 saturated carbocycles. The van der Waals surface area contributed by atoms with Crippen molar-refractivity contribution in [2.75, 3.05) is 0 Å². The highest BCUT2D eigenvalue weighted by molar-refractivity contribution is 5.97. The van der Waals surface area contributed by atoms with Crippen LogP contribution in [0, 0.1) is 0 Å². The number of aryl methyl sites for hydroxylation is 1. The van der Waals surface area contributed by atoms with Crippen LogP contribution in [-0.4, -0.2) is 26.4 Å². The molecule has 0 saturated heterocycles. The number of aromatic nitrogens is 3. The summed E-state index contributed by atoms with van der Waals surface area (Å²) in [6.07, 6.45) is 0.817. The number of rotatable bonds is 3. The van der Waals surface area contributed by atoms with Gasteiger partial charge < -0.3 is 10.8 Å². The second-order valence-electron chi connectivity index (χ2n) is 3.59. The molecule has 6 heteroatoms. The fraction of sp³-hybridized carbons (Fsp3) is 0.182. The zero-order valence-corrected chi connectivity index (χ0v) is 9.27. The summed E-state index contributed by atoms with van der Waals surface area (Å²) in [6, 6.07) is 5.14. The summed E-state index contributed by atoms with van der Waals surface area (Å²) >= 11 is 0. The second-order valence-corrected chi connectivity index (χ2v) is 3.59. The number of phenols is 1. The van der Waals surface area contributed by atoms with E-state index in [1.54, 1.807) is 12.1 Å². The molecule has 1 aromatic heterocycles. The van der Waals surface area contributed by atoms with Crippen LogP contribution in [-0.2, 0) is 6.42 Å². The number of H-pyrrole nitrogens is 1. The van der Waals surface area contributed by atoms with Crippen LogP contribution in [0.3, 0.4) is 0 Å². The third-order valence-electron chi connectivity index (χ3n) is 2.51. The molecule has 88 valence electrons. The molecule has 6 nitrogen and oxygen atoms in total. The third-order valence-corrected chi connectivity index (χ3v) is 2.51. The van der Waals surface area contributed by atoms with Crippen LogP contribution in [0.1, 0.15) is 23.0 Å². The van der Waals surface area contributed by atoms with E-state index in [1.165, 1.54) is 0 Å². The lowest BCUT2D eigenvalue weighted by Crippen LogP contribution is -2.12. The number of phenolic OH excluding ortho intramolecular Hbond substituents is 1. The number of nitrogens with two attached hydrogens (primary N) is 1. The highest BCUT2D eigenvalue weighted by Gasteiger charge is 2.18. The predicted octanol–water partition coefficient (Wildman–Crippen LogP) is 0.839. The Morgan fingerprint density at radius 2 is 2.24 bits per heavy atom. The molecule has 0 fully saturated rings. The second kappa shape index (κ2) is 4.25. The Kier molecular flexibility index (Phi) is 2.78. The van der Waals surface area contributed by atoms with Crippen LogP contribution < -0.4 is 5.73 Å². The first-order valence-electron chi connectivity index (χ1n) is 5.16. The molecule has 1 amide bonds. The van der Waals surface area contributed by atoms with E-state index in [0.717, 1.165) is 12.0 Å². The highest BCUT2D eigenvalue weighted by Crippen LogP contribution is 2.30. The molecule has 0 spiro atoms. The van der Waals surface area contributed by atoms with E-state index in [-0.39, 0.29) is 17.1 Å². The number of amides is 1. The molecule has 0 aliphatic carbocycles. The molecule has 2 aromatic rings. The van der Waals surface area contributed by atoms with Gasteiger partial charge in [-0.25, -0.2) is 0 Å². The van der Waals surface area contributed by atoms with Gasteiger partial charge in [0.2, 0.25) is 0 Å². The largest absolute Gasteiger partial charge is 0.507 e. The molecule has 0 unspecified atom stereocenters. The number of nitrogens with zero attached hydrogens (tertiary/aromatic N) is 2. The SMILES string of the molecule is CCc1ccc(O)c(-c2n[nH]nc2C(N)=O)c1. The zero-order chi connectivity index (χ0) is 12.4. The van der Waals surface area contributed by atoms with Crippen molar-refractivity contribution in [2.45, 2.75) is 13.3 Å². The molecule has 0 radical (unpaired) electrons. The average molecular weight is 232 g/mol. The Hall–Kier alpha value is -2.37. The number of hydrogen-bond acceptors (Lipinski definition) is 4. The molecule has 2 rings (SSSR count). The van der Waals surface area contributed by atoms with E-state index in [2.05, 4.69) is 15.4 Å². The number of hydrogen-bond donors (Lipinski definition) is 3. The maximum atomic E-state index is 11.1. The summed E-state index contributed by atoms with van der Waals surface area (Å²) < 4.78 is 0. The number of aromatic hydroxyl groups is 1. The van der Waals surface area contributed by atoms with E-state index in [0.29, 0.717) is 5.56 Å². The quantitative estimate of drug-likeness (QED) is 0.729. The molecule has 17 heavy (non-hydrogen) atoms. The number of nitrogens with one attached hydrogen (secondary N) is 1. The van der Waals surface area contributed by atoms with E-state index in [4.69, 9.17) is 5.73 Å². The van der Waals surface area contributed by atoms with Crippen molar-refractivity contribution in [3.05, 3.63) is 29.5 Å². The lowest BCUT2D eigenvalue weighted by atomic mass is 10.0.